The van der Waals surface area contributed by atoms with Crippen molar-refractivity contribution in [2.24, 2.45) is 7.05 Å². The van der Waals surface area contributed by atoms with Crippen molar-refractivity contribution in [2.45, 2.75) is 25.3 Å². The second-order valence-corrected chi connectivity index (χ2v) is 7.31. The molecule has 2 aromatic rings. The topological polar surface area (TPSA) is 70.5 Å². The smallest absolute Gasteiger partial charge is 0.260 e. The van der Waals surface area contributed by atoms with Crippen molar-refractivity contribution in [3.8, 4) is 0 Å². The molecule has 1 N–H and O–H groups in total. The molecule has 0 radical (unpaired) electrons. The van der Waals surface area contributed by atoms with Crippen LogP contribution in [0.3, 0.4) is 0 Å². The first-order valence-electron chi connectivity index (χ1n) is 9.32. The molecular formula is C19H25N5O2. The van der Waals surface area contributed by atoms with Crippen LogP contribution in [-0.4, -0.2) is 59.1 Å². The lowest BCUT2D eigenvalue weighted by Crippen LogP contribution is -2.52. The van der Waals surface area contributed by atoms with Gasteiger partial charge in [0.25, 0.3) is 5.56 Å². The van der Waals surface area contributed by atoms with Crippen LogP contribution in [-0.2, 0) is 11.8 Å². The molecule has 4 rings (SSSR count). The highest BCUT2D eigenvalue weighted by atomic mass is 16.1. The Bertz CT molecular complexity index is 870. The lowest BCUT2D eigenvalue weighted by Gasteiger charge is -2.38. The minimum absolute atomic E-state index is 0.0131. The monoisotopic (exact) mass is 355 g/mol. The maximum atomic E-state index is 12.1. The third-order valence-electron chi connectivity index (χ3n) is 5.44. The highest BCUT2D eigenvalue weighted by Crippen LogP contribution is 2.21. The number of hydrogen-bond donors (Lipinski definition) is 1. The molecule has 0 bridgehead atoms. The number of rotatable bonds is 3. The highest BCUT2D eigenvalue weighted by Gasteiger charge is 2.23. The number of aromatic nitrogens is 2. The van der Waals surface area contributed by atoms with Gasteiger partial charge in [0, 0.05) is 57.9 Å². The van der Waals surface area contributed by atoms with Gasteiger partial charge in [-0.1, -0.05) is 0 Å². The van der Waals surface area contributed by atoms with Gasteiger partial charge in [0.2, 0.25) is 5.91 Å². The molecule has 2 aliphatic rings. The van der Waals surface area contributed by atoms with E-state index in [0.29, 0.717) is 17.8 Å². The Balaban J connectivity index is 1.40. The van der Waals surface area contributed by atoms with E-state index < -0.39 is 0 Å². The van der Waals surface area contributed by atoms with Crippen molar-refractivity contribution < 1.29 is 4.79 Å². The predicted octanol–water partition coefficient (Wildman–Crippen LogP) is 0.724. The Morgan fingerprint density at radius 2 is 2.00 bits per heavy atom. The summed E-state index contributed by atoms with van der Waals surface area (Å²) in [5.41, 5.74) is 1.85. The van der Waals surface area contributed by atoms with Crippen LogP contribution in [0.25, 0.3) is 10.9 Å². The van der Waals surface area contributed by atoms with E-state index in [-0.39, 0.29) is 11.5 Å². The van der Waals surface area contributed by atoms with Crippen LogP contribution in [0.5, 0.6) is 0 Å². The summed E-state index contributed by atoms with van der Waals surface area (Å²) in [6, 6.07) is 6.20. The number of nitrogens with zero attached hydrogens (tertiary/aromatic N) is 4. The summed E-state index contributed by atoms with van der Waals surface area (Å²) in [5.74, 6) is 0.190. The van der Waals surface area contributed by atoms with Gasteiger partial charge in [0.1, 0.15) is 0 Å². The second kappa shape index (κ2) is 7.07. The average Bonchev–Trinajstić information content (AvgIpc) is 2.65. The van der Waals surface area contributed by atoms with E-state index in [4.69, 9.17) is 0 Å². The molecule has 1 atom stereocenters. The van der Waals surface area contributed by atoms with Crippen LogP contribution < -0.4 is 15.8 Å². The summed E-state index contributed by atoms with van der Waals surface area (Å²) in [4.78, 5) is 32.8. The van der Waals surface area contributed by atoms with E-state index >= 15 is 0 Å². The fourth-order valence-electron chi connectivity index (χ4n) is 3.91. The average molecular weight is 355 g/mol. The summed E-state index contributed by atoms with van der Waals surface area (Å²) in [5, 5.41) is 3.76. The van der Waals surface area contributed by atoms with Gasteiger partial charge < -0.3 is 14.8 Å². The lowest BCUT2D eigenvalue weighted by molar-refractivity contribution is -0.123. The van der Waals surface area contributed by atoms with Gasteiger partial charge in [-0.25, -0.2) is 4.98 Å². The van der Waals surface area contributed by atoms with Gasteiger partial charge in [0.05, 0.1) is 17.2 Å². The molecule has 138 valence electrons. The molecule has 0 spiro atoms. The van der Waals surface area contributed by atoms with Crippen LogP contribution in [0.15, 0.2) is 29.3 Å². The number of benzene rings is 1. The third-order valence-corrected chi connectivity index (χ3v) is 5.44. The fraction of sp³-hybridized carbons (Fsp3) is 0.526. The van der Waals surface area contributed by atoms with Crippen LogP contribution in [0.4, 0.5) is 5.69 Å². The zero-order valence-corrected chi connectivity index (χ0v) is 15.1. The number of hydrogen-bond acceptors (Lipinski definition) is 5. The first kappa shape index (κ1) is 17.0. The number of carbonyl (C=O) groups excluding carboxylic acids is 1. The molecule has 2 aliphatic heterocycles. The molecule has 0 saturated carbocycles. The Labute approximate surface area is 152 Å². The molecule has 7 nitrogen and oxygen atoms in total. The Hall–Kier alpha value is -2.41. The minimum atomic E-state index is -0.0131. The van der Waals surface area contributed by atoms with E-state index in [1.807, 2.05) is 18.2 Å². The van der Waals surface area contributed by atoms with Gasteiger partial charge in [-0.15, -0.1) is 0 Å². The maximum absolute atomic E-state index is 12.1. The van der Waals surface area contributed by atoms with Crippen molar-refractivity contribution >= 4 is 22.5 Å². The summed E-state index contributed by atoms with van der Waals surface area (Å²) in [6.07, 6.45) is 4.32. The standard InChI is InChI=1S/C19H25N5O2/c1-22-13-20-17-11-15(5-6-16(17)19(22)26)24-9-7-23(8-10-24)12-14-3-2-4-18(25)21-14/h5-6,11,13-14H,2-4,7-10,12H2,1H3,(H,21,25). The second-order valence-electron chi connectivity index (χ2n) is 7.31. The van der Waals surface area contributed by atoms with Gasteiger partial charge in [-0.3, -0.25) is 14.5 Å². The summed E-state index contributed by atoms with van der Waals surface area (Å²) in [7, 11) is 1.72. The summed E-state index contributed by atoms with van der Waals surface area (Å²) < 4.78 is 1.50. The largest absolute Gasteiger partial charge is 0.369 e. The Morgan fingerprint density at radius 1 is 1.19 bits per heavy atom. The SMILES string of the molecule is Cn1cnc2cc(N3CCN(CC4CCCC(=O)N4)CC3)ccc2c1=O. The maximum Gasteiger partial charge on any atom is 0.260 e. The molecule has 0 aliphatic carbocycles. The lowest BCUT2D eigenvalue weighted by atomic mass is 10.0. The molecule has 3 heterocycles. The van der Waals surface area contributed by atoms with Crippen molar-refractivity contribution in [1.29, 1.82) is 0 Å². The van der Waals surface area contributed by atoms with Gasteiger partial charge in [-0.2, -0.15) is 0 Å². The number of fused-ring (bicyclic) bond motifs is 1. The normalized spacial score (nSPS) is 21.8. The van der Waals surface area contributed by atoms with E-state index in [0.717, 1.165) is 56.8 Å². The molecule has 1 aromatic heterocycles. The highest BCUT2D eigenvalue weighted by molar-refractivity contribution is 5.81. The molecular weight excluding hydrogens is 330 g/mol. The zero-order valence-electron chi connectivity index (χ0n) is 15.1. The Morgan fingerprint density at radius 3 is 2.77 bits per heavy atom. The van der Waals surface area contributed by atoms with E-state index in [2.05, 4.69) is 20.1 Å². The van der Waals surface area contributed by atoms with Crippen LogP contribution in [0.2, 0.25) is 0 Å². The van der Waals surface area contributed by atoms with Crippen molar-refractivity contribution in [1.82, 2.24) is 19.8 Å². The first-order valence-corrected chi connectivity index (χ1v) is 9.32. The fourth-order valence-corrected chi connectivity index (χ4v) is 3.91. The Kier molecular flexibility index (Phi) is 4.63. The number of nitrogens with one attached hydrogen (secondary N) is 1. The molecule has 1 aromatic carbocycles. The molecule has 7 heteroatoms. The quantitative estimate of drug-likeness (QED) is 0.879. The van der Waals surface area contributed by atoms with Crippen molar-refractivity contribution in [2.75, 3.05) is 37.6 Å². The van der Waals surface area contributed by atoms with Gasteiger partial charge >= 0.3 is 0 Å². The molecule has 1 unspecified atom stereocenters. The molecule has 2 fully saturated rings. The number of anilines is 1. The number of amides is 1. The van der Waals surface area contributed by atoms with E-state index in [1.165, 1.54) is 4.57 Å². The third kappa shape index (κ3) is 3.44. The number of carbonyl (C=O) groups is 1. The predicted molar refractivity (Wildman–Crippen MR) is 101 cm³/mol. The molecule has 2 saturated heterocycles. The van der Waals surface area contributed by atoms with Crippen LogP contribution >= 0.6 is 0 Å². The summed E-state index contributed by atoms with van der Waals surface area (Å²) >= 11 is 0. The van der Waals surface area contributed by atoms with E-state index in [1.54, 1.807) is 13.4 Å². The van der Waals surface area contributed by atoms with Crippen molar-refractivity contribution in [3.05, 3.63) is 34.9 Å². The number of piperidine rings is 1. The molecule has 1 amide bonds. The summed E-state index contributed by atoms with van der Waals surface area (Å²) in [6.45, 7) is 4.78. The van der Waals surface area contributed by atoms with Crippen LogP contribution in [0.1, 0.15) is 19.3 Å². The number of piperazine rings is 1. The minimum Gasteiger partial charge on any atom is -0.369 e. The number of aryl methyl sites for hydroxylation is 1. The van der Waals surface area contributed by atoms with Crippen molar-refractivity contribution in [3.63, 3.8) is 0 Å². The van der Waals surface area contributed by atoms with E-state index in [9.17, 15) is 9.59 Å². The van der Waals surface area contributed by atoms with Gasteiger partial charge in [0.15, 0.2) is 0 Å². The molecule has 26 heavy (non-hydrogen) atoms. The zero-order chi connectivity index (χ0) is 18.1. The van der Waals surface area contributed by atoms with Gasteiger partial charge in [-0.05, 0) is 31.0 Å². The van der Waals surface area contributed by atoms with Crippen LogP contribution in [0, 0.1) is 0 Å². The first-order chi connectivity index (χ1) is 12.6.